The van der Waals surface area contributed by atoms with Crippen LogP contribution < -0.4 is 0 Å². The van der Waals surface area contributed by atoms with Gasteiger partial charge in [0.05, 0.1) is 6.04 Å². The van der Waals surface area contributed by atoms with Crippen molar-refractivity contribution in [2.24, 2.45) is 0 Å². The fourth-order valence-electron chi connectivity index (χ4n) is 1.59. The number of Topliss-reactive ketones (excluding diaryl/α,β-unsaturated/α-hetero) is 2. The summed E-state index contributed by atoms with van der Waals surface area (Å²) in [5.74, 6) is -0.0679. The molecule has 0 aliphatic carbocycles. The Bertz CT molecular complexity index is 273. The van der Waals surface area contributed by atoms with E-state index in [1.807, 2.05) is 6.92 Å². The molecule has 0 radical (unpaired) electrons. The molecule has 0 saturated carbocycles. The number of nitrogens with zero attached hydrogens (tertiary/aromatic N) is 1. The Labute approximate surface area is 97.0 Å². The maximum Gasteiger partial charge on any atom is 0.223 e. The van der Waals surface area contributed by atoms with E-state index in [4.69, 9.17) is 0 Å². The monoisotopic (exact) mass is 227 g/mol. The van der Waals surface area contributed by atoms with Crippen molar-refractivity contribution in [3.05, 3.63) is 0 Å². The zero-order valence-corrected chi connectivity index (χ0v) is 10.6. The van der Waals surface area contributed by atoms with Crippen LogP contribution in [-0.4, -0.2) is 35.5 Å². The summed E-state index contributed by atoms with van der Waals surface area (Å²) in [6, 6.07) is -0.343. The second kappa shape index (κ2) is 7.14. The number of hydrogen-bond donors (Lipinski definition) is 0. The topological polar surface area (TPSA) is 54.5 Å². The molecule has 1 amide bonds. The molecule has 0 aliphatic heterocycles. The van der Waals surface area contributed by atoms with Crippen molar-refractivity contribution in [3.63, 3.8) is 0 Å². The van der Waals surface area contributed by atoms with Gasteiger partial charge in [-0.25, -0.2) is 0 Å². The van der Waals surface area contributed by atoms with E-state index < -0.39 is 0 Å². The minimum atomic E-state index is -0.343. The highest BCUT2D eigenvalue weighted by atomic mass is 16.2. The molecule has 0 heterocycles. The molecule has 0 unspecified atom stereocenters. The number of carbonyl (C=O) groups is 3. The van der Waals surface area contributed by atoms with Crippen molar-refractivity contribution in [2.45, 2.75) is 52.5 Å². The standard InChI is InChI=1S/C12H21NO3/c1-5-10(11(15)6-2)13(4)12(16)8-7-9(3)14/h10H,5-8H2,1-4H3/t10-/m0/s1. The molecule has 1 atom stereocenters. The summed E-state index contributed by atoms with van der Waals surface area (Å²) in [6.45, 7) is 5.13. The molecule has 16 heavy (non-hydrogen) atoms. The summed E-state index contributed by atoms with van der Waals surface area (Å²) in [5, 5.41) is 0. The minimum Gasteiger partial charge on any atom is -0.336 e. The van der Waals surface area contributed by atoms with Gasteiger partial charge in [0.15, 0.2) is 5.78 Å². The summed E-state index contributed by atoms with van der Waals surface area (Å²) in [6.07, 6.45) is 1.50. The van der Waals surface area contributed by atoms with Gasteiger partial charge in [0.2, 0.25) is 5.91 Å². The lowest BCUT2D eigenvalue weighted by atomic mass is 10.1. The highest BCUT2D eigenvalue weighted by molar-refractivity contribution is 5.90. The maximum absolute atomic E-state index is 11.7. The van der Waals surface area contributed by atoms with E-state index in [9.17, 15) is 14.4 Å². The van der Waals surface area contributed by atoms with Crippen LogP contribution in [0.4, 0.5) is 0 Å². The van der Waals surface area contributed by atoms with Crippen LogP contribution >= 0.6 is 0 Å². The van der Waals surface area contributed by atoms with E-state index in [1.165, 1.54) is 11.8 Å². The van der Waals surface area contributed by atoms with Crippen LogP contribution in [0, 0.1) is 0 Å². The average Bonchev–Trinajstić information content (AvgIpc) is 2.26. The van der Waals surface area contributed by atoms with Crippen LogP contribution in [0.15, 0.2) is 0 Å². The van der Waals surface area contributed by atoms with Gasteiger partial charge < -0.3 is 9.69 Å². The predicted octanol–water partition coefficient (Wildman–Crippen LogP) is 1.57. The molecule has 0 N–H and O–H groups in total. The first-order valence-corrected chi connectivity index (χ1v) is 5.71. The molecule has 0 aromatic heterocycles. The van der Waals surface area contributed by atoms with Gasteiger partial charge in [-0.05, 0) is 13.3 Å². The molecule has 0 rings (SSSR count). The van der Waals surface area contributed by atoms with E-state index in [2.05, 4.69) is 0 Å². The lowest BCUT2D eigenvalue weighted by Gasteiger charge is -2.25. The first kappa shape index (κ1) is 14.8. The fourth-order valence-corrected chi connectivity index (χ4v) is 1.59. The Morgan fingerprint density at radius 3 is 2.06 bits per heavy atom. The first-order chi connectivity index (χ1) is 7.43. The normalized spacial score (nSPS) is 12.0. The number of ketones is 2. The summed E-state index contributed by atoms with van der Waals surface area (Å²) >= 11 is 0. The zero-order valence-electron chi connectivity index (χ0n) is 10.6. The van der Waals surface area contributed by atoms with Crippen LogP contribution in [0.1, 0.15) is 46.5 Å². The average molecular weight is 227 g/mol. The second-order valence-corrected chi connectivity index (χ2v) is 3.95. The van der Waals surface area contributed by atoms with Gasteiger partial charge in [-0.2, -0.15) is 0 Å². The molecule has 0 aromatic rings. The van der Waals surface area contributed by atoms with Gasteiger partial charge in [0, 0.05) is 26.3 Å². The first-order valence-electron chi connectivity index (χ1n) is 5.71. The van der Waals surface area contributed by atoms with E-state index in [0.29, 0.717) is 12.8 Å². The fraction of sp³-hybridized carbons (Fsp3) is 0.750. The largest absolute Gasteiger partial charge is 0.336 e. The van der Waals surface area contributed by atoms with Crippen molar-refractivity contribution in [3.8, 4) is 0 Å². The molecule has 92 valence electrons. The SMILES string of the molecule is CCC(=O)[C@H](CC)N(C)C(=O)CCC(C)=O. The maximum atomic E-state index is 11.7. The van der Waals surface area contributed by atoms with E-state index >= 15 is 0 Å². The molecule has 4 heteroatoms. The van der Waals surface area contributed by atoms with Crippen molar-refractivity contribution in [1.82, 2.24) is 4.90 Å². The summed E-state index contributed by atoms with van der Waals surface area (Å²) in [5.41, 5.74) is 0. The summed E-state index contributed by atoms with van der Waals surface area (Å²) in [4.78, 5) is 35.5. The lowest BCUT2D eigenvalue weighted by molar-refractivity contribution is -0.138. The molecule has 0 fully saturated rings. The molecule has 0 aromatic carbocycles. The molecular formula is C12H21NO3. The predicted molar refractivity (Wildman–Crippen MR) is 62.1 cm³/mol. The van der Waals surface area contributed by atoms with Crippen molar-refractivity contribution in [1.29, 1.82) is 0 Å². The van der Waals surface area contributed by atoms with E-state index in [0.717, 1.165) is 0 Å². The van der Waals surface area contributed by atoms with Crippen molar-refractivity contribution < 1.29 is 14.4 Å². The highest BCUT2D eigenvalue weighted by Crippen LogP contribution is 2.08. The molecule has 4 nitrogen and oxygen atoms in total. The molecular weight excluding hydrogens is 206 g/mol. The van der Waals surface area contributed by atoms with E-state index in [-0.39, 0.29) is 36.4 Å². The number of rotatable bonds is 7. The molecule has 0 saturated heterocycles. The molecule has 0 spiro atoms. The van der Waals surface area contributed by atoms with Crippen LogP contribution in [0.25, 0.3) is 0 Å². The third kappa shape index (κ3) is 4.55. The number of likely N-dealkylation sites (N-methyl/N-ethyl adjacent to an activating group) is 1. The number of hydrogen-bond acceptors (Lipinski definition) is 3. The van der Waals surface area contributed by atoms with Crippen LogP contribution in [0.5, 0.6) is 0 Å². The third-order valence-electron chi connectivity index (χ3n) is 2.66. The number of carbonyl (C=O) groups excluding carboxylic acids is 3. The Balaban J connectivity index is 4.38. The Morgan fingerprint density at radius 2 is 1.69 bits per heavy atom. The van der Waals surface area contributed by atoms with Crippen LogP contribution in [-0.2, 0) is 14.4 Å². The third-order valence-corrected chi connectivity index (χ3v) is 2.66. The summed E-state index contributed by atoms with van der Waals surface area (Å²) in [7, 11) is 1.63. The van der Waals surface area contributed by atoms with Gasteiger partial charge in [0.1, 0.15) is 5.78 Å². The van der Waals surface area contributed by atoms with Gasteiger partial charge in [-0.3, -0.25) is 9.59 Å². The molecule has 0 aliphatic rings. The zero-order chi connectivity index (χ0) is 12.7. The molecule has 0 bridgehead atoms. The van der Waals surface area contributed by atoms with E-state index in [1.54, 1.807) is 14.0 Å². The number of amides is 1. The summed E-state index contributed by atoms with van der Waals surface area (Å²) < 4.78 is 0. The van der Waals surface area contributed by atoms with Gasteiger partial charge in [-0.15, -0.1) is 0 Å². The lowest BCUT2D eigenvalue weighted by Crippen LogP contribution is -2.41. The quantitative estimate of drug-likeness (QED) is 0.663. The van der Waals surface area contributed by atoms with Gasteiger partial charge in [0.25, 0.3) is 0 Å². The van der Waals surface area contributed by atoms with Crippen molar-refractivity contribution in [2.75, 3.05) is 7.05 Å². The Hall–Kier alpha value is -1.19. The highest BCUT2D eigenvalue weighted by Gasteiger charge is 2.23. The van der Waals surface area contributed by atoms with Crippen LogP contribution in [0.2, 0.25) is 0 Å². The minimum absolute atomic E-state index is 0.00313. The van der Waals surface area contributed by atoms with Crippen molar-refractivity contribution >= 4 is 17.5 Å². The second-order valence-electron chi connectivity index (χ2n) is 3.95. The smallest absolute Gasteiger partial charge is 0.223 e. The Morgan fingerprint density at radius 1 is 1.12 bits per heavy atom. The van der Waals surface area contributed by atoms with Crippen LogP contribution in [0.3, 0.4) is 0 Å². The van der Waals surface area contributed by atoms with Gasteiger partial charge >= 0.3 is 0 Å². The Kier molecular flexibility index (Phi) is 6.61. The van der Waals surface area contributed by atoms with Gasteiger partial charge in [-0.1, -0.05) is 13.8 Å².